The van der Waals surface area contributed by atoms with Crippen molar-refractivity contribution in [1.29, 1.82) is 0 Å². The molecule has 18 heavy (non-hydrogen) atoms. The monoisotopic (exact) mass is 264 g/mol. The lowest BCUT2D eigenvalue weighted by Crippen LogP contribution is -2.22. The molecule has 0 saturated carbocycles. The summed E-state index contributed by atoms with van der Waals surface area (Å²) in [6.45, 7) is 3.00. The molecular formula is C13H17ClN4. The normalized spacial score (nSPS) is 12.6. The molecule has 0 spiro atoms. The van der Waals surface area contributed by atoms with Gasteiger partial charge in [-0.2, -0.15) is 5.10 Å². The van der Waals surface area contributed by atoms with E-state index in [1.807, 2.05) is 30.2 Å². The highest BCUT2D eigenvalue weighted by Crippen LogP contribution is 2.22. The van der Waals surface area contributed by atoms with Crippen LogP contribution in [-0.4, -0.2) is 21.3 Å². The highest BCUT2D eigenvalue weighted by molar-refractivity contribution is 6.31. The Morgan fingerprint density at radius 3 is 2.89 bits per heavy atom. The van der Waals surface area contributed by atoms with E-state index < -0.39 is 0 Å². The minimum Gasteiger partial charge on any atom is -0.310 e. The van der Waals surface area contributed by atoms with Crippen molar-refractivity contribution in [2.24, 2.45) is 7.05 Å². The summed E-state index contributed by atoms with van der Waals surface area (Å²) in [5.41, 5.74) is 2.27. The van der Waals surface area contributed by atoms with Crippen molar-refractivity contribution in [3.8, 4) is 0 Å². The molecule has 0 aliphatic carbocycles. The van der Waals surface area contributed by atoms with E-state index >= 15 is 0 Å². The first kappa shape index (κ1) is 13.1. The second-order valence-electron chi connectivity index (χ2n) is 4.23. The summed E-state index contributed by atoms with van der Waals surface area (Å²) in [5.74, 6) is 0. The SMILES string of the molecule is CCNC(Cc1ccncc1Cl)c1cnn(C)c1. The second kappa shape index (κ2) is 5.98. The van der Waals surface area contributed by atoms with Gasteiger partial charge in [0.1, 0.15) is 0 Å². The molecule has 4 nitrogen and oxygen atoms in total. The average Bonchev–Trinajstić information content (AvgIpc) is 2.78. The van der Waals surface area contributed by atoms with Gasteiger partial charge in [-0.1, -0.05) is 18.5 Å². The van der Waals surface area contributed by atoms with E-state index in [0.717, 1.165) is 18.5 Å². The van der Waals surface area contributed by atoms with Gasteiger partial charge in [0, 0.05) is 37.2 Å². The molecular weight excluding hydrogens is 248 g/mol. The lowest BCUT2D eigenvalue weighted by atomic mass is 10.0. The zero-order chi connectivity index (χ0) is 13.0. The van der Waals surface area contributed by atoms with Crippen molar-refractivity contribution in [2.45, 2.75) is 19.4 Å². The minimum absolute atomic E-state index is 0.226. The molecule has 1 N–H and O–H groups in total. The molecule has 2 heterocycles. The number of halogens is 1. The summed E-state index contributed by atoms with van der Waals surface area (Å²) >= 11 is 6.15. The summed E-state index contributed by atoms with van der Waals surface area (Å²) in [7, 11) is 1.92. The van der Waals surface area contributed by atoms with Crippen molar-refractivity contribution >= 4 is 11.6 Å². The lowest BCUT2D eigenvalue weighted by molar-refractivity contribution is 0.549. The third-order valence-corrected chi connectivity index (χ3v) is 3.20. The van der Waals surface area contributed by atoms with Crippen LogP contribution in [-0.2, 0) is 13.5 Å². The Labute approximate surface area is 112 Å². The van der Waals surface area contributed by atoms with Gasteiger partial charge >= 0.3 is 0 Å². The van der Waals surface area contributed by atoms with Gasteiger partial charge in [0.25, 0.3) is 0 Å². The fraction of sp³-hybridized carbons (Fsp3) is 0.385. The number of hydrogen-bond donors (Lipinski definition) is 1. The van der Waals surface area contributed by atoms with Gasteiger partial charge in [0.05, 0.1) is 11.2 Å². The van der Waals surface area contributed by atoms with Gasteiger partial charge in [0.15, 0.2) is 0 Å². The van der Waals surface area contributed by atoms with Crippen molar-refractivity contribution < 1.29 is 0 Å². The van der Waals surface area contributed by atoms with E-state index in [1.54, 1.807) is 12.4 Å². The predicted molar refractivity (Wildman–Crippen MR) is 72.6 cm³/mol. The fourth-order valence-corrected chi connectivity index (χ4v) is 2.16. The molecule has 0 fully saturated rings. The second-order valence-corrected chi connectivity index (χ2v) is 4.64. The molecule has 0 saturated heterocycles. The Morgan fingerprint density at radius 1 is 1.44 bits per heavy atom. The Morgan fingerprint density at radius 2 is 2.28 bits per heavy atom. The van der Waals surface area contributed by atoms with Gasteiger partial charge < -0.3 is 5.32 Å². The van der Waals surface area contributed by atoms with Gasteiger partial charge in [0.2, 0.25) is 0 Å². The van der Waals surface area contributed by atoms with Crippen LogP contribution in [0.4, 0.5) is 0 Å². The van der Waals surface area contributed by atoms with Crippen molar-refractivity contribution in [2.75, 3.05) is 6.54 Å². The molecule has 2 aromatic heterocycles. The zero-order valence-electron chi connectivity index (χ0n) is 10.6. The van der Waals surface area contributed by atoms with E-state index in [9.17, 15) is 0 Å². The number of hydrogen-bond acceptors (Lipinski definition) is 3. The molecule has 96 valence electrons. The van der Waals surface area contributed by atoms with Gasteiger partial charge in [-0.3, -0.25) is 9.67 Å². The van der Waals surface area contributed by atoms with Crippen LogP contribution >= 0.6 is 11.6 Å². The topological polar surface area (TPSA) is 42.7 Å². The van der Waals surface area contributed by atoms with E-state index in [2.05, 4.69) is 22.3 Å². The number of aromatic nitrogens is 3. The quantitative estimate of drug-likeness (QED) is 0.902. The molecule has 0 radical (unpaired) electrons. The number of pyridine rings is 1. The van der Waals surface area contributed by atoms with Crippen LogP contribution < -0.4 is 5.32 Å². The summed E-state index contributed by atoms with van der Waals surface area (Å²) in [5, 5.41) is 8.38. The van der Waals surface area contributed by atoms with Crippen molar-refractivity contribution in [3.05, 3.63) is 47.0 Å². The highest BCUT2D eigenvalue weighted by atomic mass is 35.5. The maximum absolute atomic E-state index is 6.15. The maximum atomic E-state index is 6.15. The van der Waals surface area contributed by atoms with Gasteiger partial charge in [-0.15, -0.1) is 0 Å². The summed E-state index contributed by atoms with van der Waals surface area (Å²) < 4.78 is 1.81. The van der Waals surface area contributed by atoms with Crippen molar-refractivity contribution in [1.82, 2.24) is 20.1 Å². The zero-order valence-corrected chi connectivity index (χ0v) is 11.4. The number of nitrogens with zero attached hydrogens (tertiary/aromatic N) is 3. The molecule has 0 amide bonds. The molecule has 0 bridgehead atoms. The number of aryl methyl sites for hydroxylation is 1. The van der Waals surface area contributed by atoms with Crippen LogP contribution in [0.2, 0.25) is 5.02 Å². The Bertz CT molecular complexity index is 509. The van der Waals surface area contributed by atoms with Crippen molar-refractivity contribution in [3.63, 3.8) is 0 Å². The average molecular weight is 265 g/mol. The van der Waals surface area contributed by atoms with Crippen LogP contribution in [0, 0.1) is 0 Å². The summed E-state index contributed by atoms with van der Waals surface area (Å²) in [6.07, 6.45) is 8.21. The van der Waals surface area contributed by atoms with Gasteiger partial charge in [-0.25, -0.2) is 0 Å². The van der Waals surface area contributed by atoms with E-state index in [-0.39, 0.29) is 6.04 Å². The standard InChI is InChI=1S/C13H17ClN4/c1-3-16-13(11-7-17-18(2)9-11)6-10-4-5-15-8-12(10)14/h4-5,7-9,13,16H,3,6H2,1-2H3. The molecule has 1 atom stereocenters. The third-order valence-electron chi connectivity index (χ3n) is 2.86. The van der Waals surface area contributed by atoms with Crippen LogP contribution in [0.25, 0.3) is 0 Å². The molecule has 0 aliphatic heterocycles. The largest absolute Gasteiger partial charge is 0.310 e. The fourth-order valence-electron chi connectivity index (χ4n) is 1.96. The van der Waals surface area contributed by atoms with Gasteiger partial charge in [-0.05, 0) is 24.6 Å². The number of rotatable bonds is 5. The highest BCUT2D eigenvalue weighted by Gasteiger charge is 2.14. The Hall–Kier alpha value is -1.39. The molecule has 0 aliphatic rings. The van der Waals surface area contributed by atoms with E-state index in [1.165, 1.54) is 5.56 Å². The first-order valence-corrected chi connectivity index (χ1v) is 6.38. The van der Waals surface area contributed by atoms with E-state index in [0.29, 0.717) is 5.02 Å². The third kappa shape index (κ3) is 3.09. The smallest absolute Gasteiger partial charge is 0.0622 e. The van der Waals surface area contributed by atoms with Crippen LogP contribution in [0.15, 0.2) is 30.9 Å². The lowest BCUT2D eigenvalue weighted by Gasteiger charge is -2.17. The minimum atomic E-state index is 0.226. The van der Waals surface area contributed by atoms with Crippen LogP contribution in [0.1, 0.15) is 24.1 Å². The number of nitrogens with one attached hydrogen (secondary N) is 1. The number of likely N-dealkylation sites (N-methyl/N-ethyl adjacent to an activating group) is 1. The maximum Gasteiger partial charge on any atom is 0.0622 e. The van der Waals surface area contributed by atoms with E-state index in [4.69, 9.17) is 11.6 Å². The predicted octanol–water partition coefficient (Wildman–Crippen LogP) is 2.36. The molecule has 0 aromatic carbocycles. The van der Waals surface area contributed by atoms with Crippen LogP contribution in [0.5, 0.6) is 0 Å². The molecule has 1 unspecified atom stereocenters. The first-order chi connectivity index (χ1) is 8.70. The molecule has 5 heteroatoms. The summed E-state index contributed by atoms with van der Waals surface area (Å²) in [4.78, 5) is 4.01. The Kier molecular flexibility index (Phi) is 4.33. The molecule has 2 rings (SSSR count). The molecule has 2 aromatic rings. The van der Waals surface area contributed by atoms with Crippen LogP contribution in [0.3, 0.4) is 0 Å². The first-order valence-electron chi connectivity index (χ1n) is 6.01. The Balaban J connectivity index is 2.19. The summed E-state index contributed by atoms with van der Waals surface area (Å²) in [6, 6.07) is 2.19.